The lowest BCUT2D eigenvalue weighted by Crippen LogP contribution is -2.38. The van der Waals surface area contributed by atoms with Crippen molar-refractivity contribution in [1.82, 2.24) is 4.72 Å². The van der Waals surface area contributed by atoms with Gasteiger partial charge in [-0.2, -0.15) is 0 Å². The van der Waals surface area contributed by atoms with Crippen molar-refractivity contribution in [2.24, 2.45) is 11.7 Å². The monoisotopic (exact) mass is 300 g/mol. The predicted octanol–water partition coefficient (Wildman–Crippen LogP) is 1.87. The van der Waals surface area contributed by atoms with Crippen LogP contribution in [0.4, 0.5) is 0 Å². The lowest BCUT2D eigenvalue weighted by Gasteiger charge is -2.21. The first-order valence-electron chi connectivity index (χ1n) is 6.75. The van der Waals surface area contributed by atoms with E-state index >= 15 is 0 Å². The molecule has 1 aromatic rings. The molecule has 0 aliphatic heterocycles. The number of benzene rings is 1. The van der Waals surface area contributed by atoms with Crippen LogP contribution in [-0.4, -0.2) is 21.6 Å². The van der Waals surface area contributed by atoms with Gasteiger partial charge in [-0.05, 0) is 30.0 Å². The molecular weight excluding hydrogens is 276 g/mol. The Morgan fingerprint density at radius 3 is 2.45 bits per heavy atom. The summed E-state index contributed by atoms with van der Waals surface area (Å²) in [6.45, 7) is 6.23. The van der Waals surface area contributed by atoms with Gasteiger partial charge in [0.15, 0.2) is 0 Å². The summed E-state index contributed by atoms with van der Waals surface area (Å²) >= 11 is 0. The standard InChI is InChI=1S/C14H24N2O3S/c1-5-12(10(2)3)16-20(17,18)14-8-11(9-15)6-7-13(14)19-4/h6-8,10,12,16H,5,9,15H2,1-4H3. The van der Waals surface area contributed by atoms with E-state index in [1.807, 2.05) is 20.8 Å². The number of sulfonamides is 1. The lowest BCUT2D eigenvalue weighted by molar-refractivity contribution is 0.399. The molecule has 0 spiro atoms. The fraction of sp³-hybridized carbons (Fsp3) is 0.571. The summed E-state index contributed by atoms with van der Waals surface area (Å²) in [6.07, 6.45) is 0.732. The highest BCUT2D eigenvalue weighted by atomic mass is 32.2. The molecule has 0 saturated carbocycles. The minimum atomic E-state index is -3.62. The SMILES string of the molecule is CCC(NS(=O)(=O)c1cc(CN)ccc1OC)C(C)C. The fourth-order valence-electron chi connectivity index (χ4n) is 2.01. The van der Waals surface area contributed by atoms with E-state index in [-0.39, 0.29) is 23.4 Å². The van der Waals surface area contributed by atoms with Gasteiger partial charge in [0, 0.05) is 12.6 Å². The van der Waals surface area contributed by atoms with Crippen LogP contribution in [0, 0.1) is 5.92 Å². The van der Waals surface area contributed by atoms with Crippen LogP contribution in [0.25, 0.3) is 0 Å². The fourth-order valence-corrected chi connectivity index (χ4v) is 3.70. The molecule has 5 nitrogen and oxygen atoms in total. The first-order valence-corrected chi connectivity index (χ1v) is 8.23. The molecule has 20 heavy (non-hydrogen) atoms. The molecule has 0 fully saturated rings. The Kier molecular flexibility index (Phi) is 5.98. The third kappa shape index (κ3) is 3.94. The van der Waals surface area contributed by atoms with Gasteiger partial charge < -0.3 is 10.5 Å². The zero-order valence-corrected chi connectivity index (χ0v) is 13.3. The Balaban J connectivity index is 3.20. The van der Waals surface area contributed by atoms with Crippen LogP contribution in [-0.2, 0) is 16.6 Å². The van der Waals surface area contributed by atoms with Crippen LogP contribution in [0.2, 0.25) is 0 Å². The highest BCUT2D eigenvalue weighted by Crippen LogP contribution is 2.25. The van der Waals surface area contributed by atoms with Gasteiger partial charge in [0.2, 0.25) is 10.0 Å². The van der Waals surface area contributed by atoms with Gasteiger partial charge in [0.05, 0.1) is 7.11 Å². The zero-order chi connectivity index (χ0) is 15.3. The minimum Gasteiger partial charge on any atom is -0.495 e. The van der Waals surface area contributed by atoms with E-state index in [1.165, 1.54) is 7.11 Å². The van der Waals surface area contributed by atoms with Gasteiger partial charge in [0.1, 0.15) is 10.6 Å². The van der Waals surface area contributed by atoms with E-state index in [0.29, 0.717) is 5.75 Å². The molecule has 0 aliphatic carbocycles. The summed E-state index contributed by atoms with van der Waals surface area (Å²) < 4.78 is 32.9. The molecule has 0 saturated heterocycles. The van der Waals surface area contributed by atoms with Crippen molar-refractivity contribution in [1.29, 1.82) is 0 Å². The van der Waals surface area contributed by atoms with Crippen molar-refractivity contribution < 1.29 is 13.2 Å². The second-order valence-electron chi connectivity index (χ2n) is 5.07. The zero-order valence-electron chi connectivity index (χ0n) is 12.5. The predicted molar refractivity (Wildman–Crippen MR) is 80.1 cm³/mol. The molecule has 1 unspecified atom stereocenters. The molecule has 0 bridgehead atoms. The Hall–Kier alpha value is -1.11. The number of hydrogen-bond donors (Lipinski definition) is 2. The molecule has 0 heterocycles. The van der Waals surface area contributed by atoms with Gasteiger partial charge >= 0.3 is 0 Å². The molecule has 0 radical (unpaired) electrons. The number of nitrogens with one attached hydrogen (secondary N) is 1. The number of hydrogen-bond acceptors (Lipinski definition) is 4. The van der Waals surface area contributed by atoms with E-state index < -0.39 is 10.0 Å². The molecule has 6 heteroatoms. The Bertz CT molecular complexity index is 541. The van der Waals surface area contributed by atoms with Crippen LogP contribution in [0.15, 0.2) is 23.1 Å². The van der Waals surface area contributed by atoms with Crippen LogP contribution in [0.3, 0.4) is 0 Å². The summed E-state index contributed by atoms with van der Waals surface area (Å²) in [7, 11) is -2.17. The number of rotatable bonds is 7. The van der Waals surface area contributed by atoms with Crippen LogP contribution >= 0.6 is 0 Å². The molecule has 114 valence electrons. The quantitative estimate of drug-likeness (QED) is 0.805. The van der Waals surface area contributed by atoms with E-state index in [0.717, 1.165) is 12.0 Å². The number of ether oxygens (including phenoxy) is 1. The maximum absolute atomic E-state index is 12.5. The maximum Gasteiger partial charge on any atom is 0.244 e. The van der Waals surface area contributed by atoms with Gasteiger partial charge in [-0.1, -0.05) is 26.8 Å². The van der Waals surface area contributed by atoms with Crippen molar-refractivity contribution in [2.75, 3.05) is 7.11 Å². The largest absolute Gasteiger partial charge is 0.495 e. The van der Waals surface area contributed by atoms with Crippen molar-refractivity contribution >= 4 is 10.0 Å². The Morgan fingerprint density at radius 2 is 2.00 bits per heavy atom. The summed E-state index contributed by atoms with van der Waals surface area (Å²) in [6, 6.07) is 4.85. The summed E-state index contributed by atoms with van der Waals surface area (Å²) in [5, 5.41) is 0. The third-order valence-electron chi connectivity index (χ3n) is 3.30. The van der Waals surface area contributed by atoms with Crippen molar-refractivity contribution in [2.45, 2.75) is 44.7 Å². The van der Waals surface area contributed by atoms with Gasteiger partial charge in [-0.25, -0.2) is 13.1 Å². The van der Waals surface area contributed by atoms with Crippen molar-refractivity contribution in [3.8, 4) is 5.75 Å². The van der Waals surface area contributed by atoms with Crippen LogP contribution < -0.4 is 15.2 Å². The molecule has 1 aromatic carbocycles. The number of methoxy groups -OCH3 is 1. The van der Waals surface area contributed by atoms with Crippen LogP contribution in [0.5, 0.6) is 5.75 Å². The third-order valence-corrected chi connectivity index (χ3v) is 4.82. The molecule has 0 aromatic heterocycles. The molecule has 1 atom stereocenters. The van der Waals surface area contributed by atoms with E-state index in [2.05, 4.69) is 4.72 Å². The topological polar surface area (TPSA) is 81.4 Å². The number of nitrogens with two attached hydrogens (primary N) is 1. The first kappa shape index (κ1) is 16.9. The molecule has 3 N–H and O–H groups in total. The highest BCUT2D eigenvalue weighted by molar-refractivity contribution is 7.89. The van der Waals surface area contributed by atoms with Crippen LogP contribution in [0.1, 0.15) is 32.8 Å². The smallest absolute Gasteiger partial charge is 0.244 e. The lowest BCUT2D eigenvalue weighted by atomic mass is 10.0. The normalized spacial score (nSPS) is 13.5. The summed E-state index contributed by atoms with van der Waals surface area (Å²) in [4.78, 5) is 0.141. The maximum atomic E-state index is 12.5. The summed E-state index contributed by atoms with van der Waals surface area (Å²) in [5.41, 5.74) is 6.33. The second kappa shape index (κ2) is 7.06. The van der Waals surface area contributed by atoms with Gasteiger partial charge in [0.25, 0.3) is 0 Å². The second-order valence-corrected chi connectivity index (χ2v) is 6.75. The molecule has 0 amide bonds. The Morgan fingerprint density at radius 1 is 1.35 bits per heavy atom. The molecule has 0 aliphatic rings. The van der Waals surface area contributed by atoms with Crippen molar-refractivity contribution in [3.63, 3.8) is 0 Å². The van der Waals surface area contributed by atoms with E-state index in [1.54, 1.807) is 18.2 Å². The van der Waals surface area contributed by atoms with E-state index in [4.69, 9.17) is 10.5 Å². The molecule has 1 rings (SSSR count). The summed E-state index contributed by atoms with van der Waals surface area (Å²) in [5.74, 6) is 0.548. The Labute approximate surface area is 121 Å². The van der Waals surface area contributed by atoms with Gasteiger partial charge in [-0.3, -0.25) is 0 Å². The highest BCUT2D eigenvalue weighted by Gasteiger charge is 2.24. The van der Waals surface area contributed by atoms with Gasteiger partial charge in [-0.15, -0.1) is 0 Å². The molecular formula is C14H24N2O3S. The average Bonchev–Trinajstić information content (AvgIpc) is 2.43. The minimum absolute atomic E-state index is 0.105. The first-order chi connectivity index (χ1) is 9.35. The van der Waals surface area contributed by atoms with E-state index in [9.17, 15) is 8.42 Å². The average molecular weight is 300 g/mol. The van der Waals surface area contributed by atoms with Crippen molar-refractivity contribution in [3.05, 3.63) is 23.8 Å².